The lowest BCUT2D eigenvalue weighted by Gasteiger charge is -2.27. The fourth-order valence-corrected chi connectivity index (χ4v) is 5.29. The largest absolute Gasteiger partial charge is 0.491 e. The topological polar surface area (TPSA) is 74.3 Å². The Labute approximate surface area is 194 Å². The number of aromatic nitrogens is 3. The number of hydrogen-bond donors (Lipinski definition) is 1. The lowest BCUT2D eigenvalue weighted by atomic mass is 9.80. The molecule has 0 radical (unpaired) electrons. The standard InChI is InChI=1S/C26H31N5O2/c1-18(2)33-23-11-9-20(10-12-23)13-30-14-22-15-31(24(32)21-7-5-4-6-8-21)17-26(22,16-30)25-27-19(3)28-29-25/h4-12,18,22H,13-17H2,1-3H3,(H,27,28,29). The van der Waals surface area contributed by atoms with Crippen molar-refractivity contribution in [3.63, 3.8) is 0 Å². The van der Waals surface area contributed by atoms with Gasteiger partial charge in [-0.15, -0.1) is 0 Å². The highest BCUT2D eigenvalue weighted by molar-refractivity contribution is 5.94. The molecule has 2 aromatic carbocycles. The maximum absolute atomic E-state index is 13.2. The molecule has 0 bridgehead atoms. The molecule has 2 aliphatic heterocycles. The molecule has 7 heteroatoms. The van der Waals surface area contributed by atoms with Crippen LogP contribution in [0, 0.1) is 12.8 Å². The molecule has 1 N–H and O–H groups in total. The minimum Gasteiger partial charge on any atom is -0.491 e. The van der Waals surface area contributed by atoms with Gasteiger partial charge in [-0.1, -0.05) is 30.3 Å². The summed E-state index contributed by atoms with van der Waals surface area (Å²) < 4.78 is 5.78. The van der Waals surface area contributed by atoms with Gasteiger partial charge in [-0.05, 0) is 50.6 Å². The van der Waals surface area contributed by atoms with Crippen LogP contribution in [0.25, 0.3) is 0 Å². The van der Waals surface area contributed by atoms with Crippen LogP contribution in [0.15, 0.2) is 54.6 Å². The third-order valence-electron chi connectivity index (χ3n) is 6.73. The van der Waals surface area contributed by atoms with E-state index in [0.717, 1.165) is 49.1 Å². The summed E-state index contributed by atoms with van der Waals surface area (Å²) in [6.07, 6.45) is 0.167. The van der Waals surface area contributed by atoms with Crippen LogP contribution in [0.2, 0.25) is 0 Å². The second-order valence-corrected chi connectivity index (χ2v) is 9.63. The van der Waals surface area contributed by atoms with Crippen molar-refractivity contribution >= 4 is 5.91 Å². The summed E-state index contributed by atoms with van der Waals surface area (Å²) in [4.78, 5) is 22.4. The SMILES string of the molecule is Cc1nc(C23CN(Cc4ccc(OC(C)C)cc4)CC2CN(C(=O)c2ccccc2)C3)n[nH]1. The molecule has 1 amide bonds. The van der Waals surface area contributed by atoms with Crippen LogP contribution >= 0.6 is 0 Å². The number of carbonyl (C=O) groups is 1. The molecule has 3 heterocycles. The second kappa shape index (κ2) is 8.63. The van der Waals surface area contributed by atoms with Crippen LogP contribution in [0.3, 0.4) is 0 Å². The first-order valence-corrected chi connectivity index (χ1v) is 11.6. The van der Waals surface area contributed by atoms with E-state index in [1.54, 1.807) is 0 Å². The minimum atomic E-state index is -0.254. The van der Waals surface area contributed by atoms with Gasteiger partial charge in [0.05, 0.1) is 11.5 Å². The average molecular weight is 446 g/mol. The van der Waals surface area contributed by atoms with Crippen LogP contribution in [-0.4, -0.2) is 63.2 Å². The maximum atomic E-state index is 13.2. The van der Waals surface area contributed by atoms with Crippen molar-refractivity contribution in [1.29, 1.82) is 0 Å². The molecule has 0 saturated carbocycles. The normalized spacial score (nSPS) is 22.7. The molecule has 2 atom stereocenters. The van der Waals surface area contributed by atoms with E-state index in [-0.39, 0.29) is 17.4 Å². The number of hydrogen-bond acceptors (Lipinski definition) is 5. The molecule has 5 rings (SSSR count). The average Bonchev–Trinajstić information content (AvgIpc) is 3.47. The molecular formula is C26H31N5O2. The fraction of sp³-hybridized carbons (Fsp3) is 0.423. The Morgan fingerprint density at radius 3 is 2.55 bits per heavy atom. The van der Waals surface area contributed by atoms with Crippen molar-refractivity contribution in [3.8, 4) is 5.75 Å². The molecule has 3 aromatic rings. The van der Waals surface area contributed by atoms with Crippen molar-refractivity contribution in [1.82, 2.24) is 25.0 Å². The first kappa shape index (κ1) is 21.6. The van der Waals surface area contributed by atoms with Gasteiger partial charge in [-0.2, -0.15) is 5.10 Å². The Hall–Kier alpha value is -3.19. The molecule has 7 nitrogen and oxygen atoms in total. The number of rotatable bonds is 6. The summed E-state index contributed by atoms with van der Waals surface area (Å²) in [6.45, 7) is 9.96. The van der Waals surface area contributed by atoms with E-state index in [2.05, 4.69) is 27.2 Å². The summed E-state index contributed by atoms with van der Waals surface area (Å²) in [5.74, 6) is 2.92. The molecule has 2 unspecified atom stereocenters. The van der Waals surface area contributed by atoms with Gasteiger partial charge in [0, 0.05) is 44.2 Å². The van der Waals surface area contributed by atoms with Crippen molar-refractivity contribution in [2.45, 2.75) is 38.8 Å². The zero-order chi connectivity index (χ0) is 23.0. The number of amides is 1. The molecule has 33 heavy (non-hydrogen) atoms. The monoisotopic (exact) mass is 445 g/mol. The van der Waals surface area contributed by atoms with Crippen molar-refractivity contribution in [2.24, 2.45) is 5.92 Å². The molecule has 2 aliphatic rings. The summed E-state index contributed by atoms with van der Waals surface area (Å²) in [6, 6.07) is 17.9. The molecule has 172 valence electrons. The third-order valence-corrected chi connectivity index (χ3v) is 6.73. The number of ether oxygens (including phenoxy) is 1. The van der Waals surface area contributed by atoms with Crippen LogP contribution in [0.5, 0.6) is 5.75 Å². The lowest BCUT2D eigenvalue weighted by molar-refractivity contribution is 0.0769. The van der Waals surface area contributed by atoms with Gasteiger partial charge in [0.2, 0.25) is 0 Å². The number of aromatic amines is 1. The third kappa shape index (κ3) is 4.25. The molecule has 2 fully saturated rings. The van der Waals surface area contributed by atoms with Crippen molar-refractivity contribution in [3.05, 3.63) is 77.4 Å². The second-order valence-electron chi connectivity index (χ2n) is 9.63. The molecule has 1 aromatic heterocycles. The Bertz CT molecular complexity index is 1110. The summed E-state index contributed by atoms with van der Waals surface area (Å²) >= 11 is 0. The van der Waals surface area contributed by atoms with Crippen molar-refractivity contribution in [2.75, 3.05) is 26.2 Å². The highest BCUT2D eigenvalue weighted by atomic mass is 16.5. The van der Waals surface area contributed by atoms with E-state index in [0.29, 0.717) is 12.5 Å². The Morgan fingerprint density at radius 2 is 1.88 bits per heavy atom. The molecule has 0 aliphatic carbocycles. The zero-order valence-corrected chi connectivity index (χ0v) is 19.5. The number of likely N-dealkylation sites (tertiary alicyclic amines) is 2. The highest BCUT2D eigenvalue weighted by Crippen LogP contribution is 2.44. The van der Waals surface area contributed by atoms with Gasteiger partial charge in [0.15, 0.2) is 5.82 Å². The van der Waals surface area contributed by atoms with Crippen molar-refractivity contribution < 1.29 is 9.53 Å². The number of aryl methyl sites for hydroxylation is 1. The van der Waals surface area contributed by atoms with E-state index < -0.39 is 0 Å². The van der Waals surface area contributed by atoms with Gasteiger partial charge >= 0.3 is 0 Å². The van der Waals surface area contributed by atoms with E-state index in [1.807, 2.05) is 68.1 Å². The van der Waals surface area contributed by atoms with E-state index >= 15 is 0 Å². The van der Waals surface area contributed by atoms with Gasteiger partial charge in [-0.3, -0.25) is 14.8 Å². The van der Waals surface area contributed by atoms with Gasteiger partial charge < -0.3 is 9.64 Å². The smallest absolute Gasteiger partial charge is 0.253 e. The first-order valence-electron chi connectivity index (χ1n) is 11.6. The van der Waals surface area contributed by atoms with Crippen LogP contribution in [0.4, 0.5) is 0 Å². The highest BCUT2D eigenvalue weighted by Gasteiger charge is 2.56. The predicted molar refractivity (Wildman–Crippen MR) is 126 cm³/mol. The molecule has 2 saturated heterocycles. The van der Waals surface area contributed by atoms with Gasteiger partial charge in [0.25, 0.3) is 5.91 Å². The number of fused-ring (bicyclic) bond motifs is 1. The first-order chi connectivity index (χ1) is 15.9. The quantitative estimate of drug-likeness (QED) is 0.629. The number of H-pyrrole nitrogens is 1. The molecule has 0 spiro atoms. The number of carbonyl (C=O) groups excluding carboxylic acids is 1. The molecular weight excluding hydrogens is 414 g/mol. The number of nitrogens with zero attached hydrogens (tertiary/aromatic N) is 4. The number of nitrogens with one attached hydrogen (secondary N) is 1. The minimum absolute atomic E-state index is 0.0870. The Balaban J connectivity index is 1.35. The summed E-state index contributed by atoms with van der Waals surface area (Å²) in [5.41, 5.74) is 1.74. The summed E-state index contributed by atoms with van der Waals surface area (Å²) in [7, 11) is 0. The van der Waals surface area contributed by atoms with Gasteiger partial charge in [-0.25, -0.2) is 4.98 Å². The maximum Gasteiger partial charge on any atom is 0.253 e. The zero-order valence-electron chi connectivity index (χ0n) is 19.5. The fourth-order valence-electron chi connectivity index (χ4n) is 5.29. The predicted octanol–water partition coefficient (Wildman–Crippen LogP) is 3.43. The Morgan fingerprint density at radius 1 is 1.12 bits per heavy atom. The van der Waals surface area contributed by atoms with Crippen LogP contribution < -0.4 is 4.74 Å². The van der Waals surface area contributed by atoms with E-state index in [9.17, 15) is 4.79 Å². The number of benzene rings is 2. The van der Waals surface area contributed by atoms with Crippen LogP contribution in [0.1, 0.15) is 41.4 Å². The van der Waals surface area contributed by atoms with E-state index in [4.69, 9.17) is 9.72 Å². The lowest BCUT2D eigenvalue weighted by Crippen LogP contribution is -2.40. The van der Waals surface area contributed by atoms with E-state index in [1.165, 1.54) is 5.56 Å². The Kier molecular flexibility index (Phi) is 5.66. The summed E-state index contributed by atoms with van der Waals surface area (Å²) in [5, 5.41) is 7.58. The van der Waals surface area contributed by atoms with Gasteiger partial charge in [0.1, 0.15) is 11.6 Å². The van der Waals surface area contributed by atoms with Crippen LogP contribution in [-0.2, 0) is 12.0 Å².